The molecule has 3 rings (SSSR count). The highest BCUT2D eigenvalue weighted by atomic mass is 35.5. The predicted octanol–water partition coefficient (Wildman–Crippen LogP) is 3.63. The molecule has 0 aliphatic rings. The van der Waals surface area contributed by atoms with Gasteiger partial charge in [-0.1, -0.05) is 16.1 Å². The van der Waals surface area contributed by atoms with Crippen molar-refractivity contribution in [3.63, 3.8) is 0 Å². The molecule has 3 aromatic rings. The molecule has 0 bridgehead atoms. The Bertz CT molecular complexity index is 729. The second kappa shape index (κ2) is 5.11. The standard InChI is InChI=1S/C13H10ClN3OS/c1-8-12(19-17-16-8)7-18-10-3-4-11-9(6-10)2-5-13(14)15-11/h2-6H,7H2,1H3. The number of aryl methyl sites for hydroxylation is 1. The van der Waals surface area contributed by atoms with Crippen molar-refractivity contribution in [1.82, 2.24) is 14.6 Å². The summed E-state index contributed by atoms with van der Waals surface area (Å²) in [4.78, 5) is 5.27. The average Bonchev–Trinajstić information content (AvgIpc) is 2.82. The second-order valence-corrected chi connectivity index (χ2v) is 5.28. The van der Waals surface area contributed by atoms with Crippen LogP contribution in [0.15, 0.2) is 30.3 Å². The molecular formula is C13H10ClN3OS. The molecule has 0 spiro atoms. The third-order valence-electron chi connectivity index (χ3n) is 2.74. The maximum atomic E-state index is 5.85. The molecule has 2 heterocycles. The van der Waals surface area contributed by atoms with Gasteiger partial charge in [0.2, 0.25) is 0 Å². The highest BCUT2D eigenvalue weighted by Gasteiger charge is 2.05. The molecule has 0 unspecified atom stereocenters. The zero-order chi connectivity index (χ0) is 13.2. The van der Waals surface area contributed by atoms with Crippen molar-refractivity contribution in [3.05, 3.63) is 46.1 Å². The SMILES string of the molecule is Cc1nnsc1COc1ccc2nc(Cl)ccc2c1. The molecule has 0 amide bonds. The van der Waals surface area contributed by atoms with E-state index in [9.17, 15) is 0 Å². The second-order valence-electron chi connectivity index (χ2n) is 4.06. The highest BCUT2D eigenvalue weighted by Crippen LogP contribution is 2.22. The Morgan fingerprint density at radius 1 is 1.26 bits per heavy atom. The molecule has 4 nitrogen and oxygen atoms in total. The molecule has 0 aliphatic heterocycles. The first-order valence-corrected chi connectivity index (χ1v) is 6.84. The quantitative estimate of drug-likeness (QED) is 0.691. The van der Waals surface area contributed by atoms with E-state index >= 15 is 0 Å². The van der Waals surface area contributed by atoms with Crippen LogP contribution in [0.25, 0.3) is 10.9 Å². The van der Waals surface area contributed by atoms with Gasteiger partial charge in [-0.2, -0.15) is 0 Å². The van der Waals surface area contributed by atoms with Crippen molar-refractivity contribution in [2.45, 2.75) is 13.5 Å². The number of hydrogen-bond acceptors (Lipinski definition) is 5. The number of pyridine rings is 1. The minimum atomic E-state index is 0.482. The lowest BCUT2D eigenvalue weighted by Gasteiger charge is -2.06. The lowest BCUT2D eigenvalue weighted by atomic mass is 10.2. The third-order valence-corrected chi connectivity index (χ3v) is 3.75. The van der Waals surface area contributed by atoms with Gasteiger partial charge in [0.25, 0.3) is 0 Å². The lowest BCUT2D eigenvalue weighted by molar-refractivity contribution is 0.309. The van der Waals surface area contributed by atoms with Gasteiger partial charge in [0.1, 0.15) is 17.5 Å². The Labute approximate surface area is 119 Å². The summed E-state index contributed by atoms with van der Waals surface area (Å²) in [6.07, 6.45) is 0. The van der Waals surface area contributed by atoms with E-state index in [1.165, 1.54) is 11.5 Å². The molecule has 19 heavy (non-hydrogen) atoms. The number of hydrogen-bond donors (Lipinski definition) is 0. The predicted molar refractivity (Wildman–Crippen MR) is 75.7 cm³/mol. The van der Waals surface area contributed by atoms with Gasteiger partial charge in [-0.3, -0.25) is 0 Å². The minimum absolute atomic E-state index is 0.482. The van der Waals surface area contributed by atoms with Crippen molar-refractivity contribution in [3.8, 4) is 5.75 Å². The maximum absolute atomic E-state index is 5.85. The largest absolute Gasteiger partial charge is 0.488 e. The van der Waals surface area contributed by atoms with Gasteiger partial charge >= 0.3 is 0 Å². The molecule has 96 valence electrons. The van der Waals surface area contributed by atoms with E-state index in [1.54, 1.807) is 6.07 Å². The van der Waals surface area contributed by atoms with Gasteiger partial charge < -0.3 is 4.74 Å². The number of benzene rings is 1. The molecule has 0 N–H and O–H groups in total. The fourth-order valence-electron chi connectivity index (χ4n) is 1.70. The number of rotatable bonds is 3. The molecule has 1 aromatic carbocycles. The van der Waals surface area contributed by atoms with Crippen molar-refractivity contribution in [2.24, 2.45) is 0 Å². The number of nitrogens with zero attached hydrogens (tertiary/aromatic N) is 3. The lowest BCUT2D eigenvalue weighted by Crippen LogP contribution is -1.95. The first-order chi connectivity index (χ1) is 9.22. The summed E-state index contributed by atoms with van der Waals surface area (Å²) in [5.41, 5.74) is 1.77. The number of aromatic nitrogens is 3. The Morgan fingerprint density at radius 2 is 2.16 bits per heavy atom. The van der Waals surface area contributed by atoms with Gasteiger partial charge in [0, 0.05) is 5.39 Å². The third kappa shape index (κ3) is 2.67. The fourth-order valence-corrected chi connectivity index (χ4v) is 2.40. The van der Waals surface area contributed by atoms with Gasteiger partial charge in [-0.05, 0) is 48.8 Å². The molecule has 0 aliphatic carbocycles. The number of fused-ring (bicyclic) bond motifs is 1. The number of ether oxygens (including phenoxy) is 1. The first-order valence-electron chi connectivity index (χ1n) is 5.69. The van der Waals surface area contributed by atoms with E-state index < -0.39 is 0 Å². The summed E-state index contributed by atoms with van der Waals surface area (Å²) in [5, 5.41) is 5.45. The smallest absolute Gasteiger partial charge is 0.129 e. The molecule has 2 aromatic heterocycles. The summed E-state index contributed by atoms with van der Waals surface area (Å²) < 4.78 is 9.62. The summed E-state index contributed by atoms with van der Waals surface area (Å²) in [6, 6.07) is 9.42. The van der Waals surface area contributed by atoms with Crippen LogP contribution in [0.3, 0.4) is 0 Å². The molecule has 0 radical (unpaired) electrons. The van der Waals surface area contributed by atoms with Crippen molar-refractivity contribution < 1.29 is 4.74 Å². The summed E-state index contributed by atoms with van der Waals surface area (Å²) in [6.45, 7) is 2.41. The van der Waals surface area contributed by atoms with Crippen molar-refractivity contribution in [2.75, 3.05) is 0 Å². The zero-order valence-electron chi connectivity index (χ0n) is 10.1. The van der Waals surface area contributed by atoms with Crippen molar-refractivity contribution in [1.29, 1.82) is 0 Å². The highest BCUT2D eigenvalue weighted by molar-refractivity contribution is 7.05. The van der Waals surface area contributed by atoms with Crippen LogP contribution in [-0.4, -0.2) is 14.6 Å². The van der Waals surface area contributed by atoms with Crippen LogP contribution in [-0.2, 0) is 6.61 Å². The van der Waals surface area contributed by atoms with E-state index in [0.29, 0.717) is 11.8 Å². The van der Waals surface area contributed by atoms with Crippen molar-refractivity contribution >= 4 is 34.0 Å². The average molecular weight is 292 g/mol. The van der Waals surface area contributed by atoms with Crippen LogP contribution in [0.2, 0.25) is 5.15 Å². The van der Waals surface area contributed by atoms with E-state index in [-0.39, 0.29) is 0 Å². The summed E-state index contributed by atoms with van der Waals surface area (Å²) in [7, 11) is 0. The van der Waals surface area contributed by atoms with Crippen LogP contribution in [0, 0.1) is 6.92 Å². The Balaban J connectivity index is 1.82. The molecule has 0 fully saturated rings. The van der Waals surface area contributed by atoms with Crippen LogP contribution in [0.4, 0.5) is 0 Å². The van der Waals surface area contributed by atoms with Gasteiger partial charge in [-0.25, -0.2) is 4.98 Å². The monoisotopic (exact) mass is 291 g/mol. The topological polar surface area (TPSA) is 47.9 Å². The van der Waals surface area contributed by atoms with Gasteiger partial charge in [-0.15, -0.1) is 5.10 Å². The van der Waals surface area contributed by atoms with E-state index in [4.69, 9.17) is 16.3 Å². The van der Waals surface area contributed by atoms with E-state index in [0.717, 1.165) is 27.2 Å². The molecule has 0 saturated carbocycles. The Kier molecular flexibility index (Phi) is 3.31. The van der Waals surface area contributed by atoms with Gasteiger partial charge in [0.15, 0.2) is 0 Å². The zero-order valence-corrected chi connectivity index (χ0v) is 11.7. The molecule has 6 heteroatoms. The maximum Gasteiger partial charge on any atom is 0.129 e. The van der Waals surface area contributed by atoms with Crippen LogP contribution < -0.4 is 4.74 Å². The van der Waals surface area contributed by atoms with Crippen LogP contribution in [0.1, 0.15) is 10.6 Å². The van der Waals surface area contributed by atoms with Crippen LogP contribution in [0.5, 0.6) is 5.75 Å². The number of halogens is 1. The summed E-state index contributed by atoms with van der Waals surface area (Å²) in [5.74, 6) is 0.796. The van der Waals surface area contributed by atoms with Crippen LogP contribution >= 0.6 is 23.1 Å². The van der Waals surface area contributed by atoms with E-state index in [2.05, 4.69) is 14.6 Å². The van der Waals surface area contributed by atoms with Gasteiger partial charge in [0.05, 0.1) is 16.1 Å². The van der Waals surface area contributed by atoms with E-state index in [1.807, 2.05) is 31.2 Å². The molecular weight excluding hydrogens is 282 g/mol. The Hall–Kier alpha value is -1.72. The summed E-state index contributed by atoms with van der Waals surface area (Å²) >= 11 is 7.21. The molecule has 0 saturated heterocycles. The first kappa shape index (κ1) is 12.3. The Morgan fingerprint density at radius 3 is 2.95 bits per heavy atom. The normalized spacial score (nSPS) is 10.8. The fraction of sp³-hybridized carbons (Fsp3) is 0.154. The minimum Gasteiger partial charge on any atom is -0.488 e. The molecule has 0 atom stereocenters.